The fraction of sp³-hybridized carbons (Fsp3) is 0.344. The van der Waals surface area contributed by atoms with E-state index in [4.69, 9.17) is 0 Å². The van der Waals surface area contributed by atoms with Gasteiger partial charge in [0.1, 0.15) is 11.6 Å². The molecule has 2 aromatic carbocycles. The third kappa shape index (κ3) is 6.61. The molecule has 2 aliphatic rings. The minimum Gasteiger partial charge on any atom is -0.330 e. The summed E-state index contributed by atoms with van der Waals surface area (Å²) < 4.78 is 56.0. The Balaban J connectivity index is 1.53. The number of nitrogens with zero attached hydrogens (tertiary/aromatic N) is 2. The number of pyridine rings is 1. The number of carbonyl (C=O) groups is 2. The van der Waals surface area contributed by atoms with Crippen LogP contribution in [-0.2, 0) is 26.0 Å². The van der Waals surface area contributed by atoms with Crippen LogP contribution < -0.4 is 10.0 Å². The van der Waals surface area contributed by atoms with Crippen LogP contribution in [0.25, 0.3) is 16.7 Å². The second-order valence-corrected chi connectivity index (χ2v) is 12.9. The first kappa shape index (κ1) is 30.3. The van der Waals surface area contributed by atoms with Crippen LogP contribution in [0.3, 0.4) is 0 Å². The van der Waals surface area contributed by atoms with E-state index in [0.717, 1.165) is 11.8 Å². The number of anilines is 2. The molecule has 0 unspecified atom stereocenters. The zero-order valence-electron chi connectivity index (χ0n) is 24.3. The van der Waals surface area contributed by atoms with Crippen molar-refractivity contribution in [2.45, 2.75) is 52.0 Å². The standard InChI is InChI=1S/C32H34F2N4O4S/c1-4-20-8-11-25(33)30(31(20)34)22-13-15-38(29(39)17-22)28-7-5-6-19(2)32(40)36-26-18-23(37-43(3,41)42)9-10-24(26)21-12-14-35-27(28)16-21/h8-12,14,16-19,28,37H,4-7,13,15H2,1-3H3,(H,36,40)/t19-,28+/m1/s1. The van der Waals surface area contributed by atoms with Crippen LogP contribution in [0.15, 0.2) is 54.7 Å². The Morgan fingerprint density at radius 1 is 1.09 bits per heavy atom. The maximum Gasteiger partial charge on any atom is 0.247 e. The van der Waals surface area contributed by atoms with Gasteiger partial charge in [0, 0.05) is 35.9 Å². The number of carbonyl (C=O) groups excluding carboxylic acids is 2. The number of rotatable bonds is 5. The van der Waals surface area contributed by atoms with Crippen molar-refractivity contribution in [1.29, 1.82) is 0 Å². The van der Waals surface area contributed by atoms with Gasteiger partial charge in [-0.05, 0) is 72.7 Å². The minimum absolute atomic E-state index is 0.146. The summed E-state index contributed by atoms with van der Waals surface area (Å²) in [7, 11) is -3.53. The van der Waals surface area contributed by atoms with Gasteiger partial charge in [0.25, 0.3) is 0 Å². The molecule has 2 atom stereocenters. The molecule has 2 amide bonds. The fourth-order valence-corrected chi connectivity index (χ4v) is 6.32. The molecule has 0 aliphatic carbocycles. The Bertz CT molecular complexity index is 1720. The number of hydrogen-bond donors (Lipinski definition) is 2. The van der Waals surface area contributed by atoms with Crippen molar-refractivity contribution >= 4 is 38.8 Å². The van der Waals surface area contributed by atoms with Gasteiger partial charge >= 0.3 is 0 Å². The predicted octanol–water partition coefficient (Wildman–Crippen LogP) is 6.08. The van der Waals surface area contributed by atoms with Crippen molar-refractivity contribution in [2.75, 3.05) is 22.8 Å². The maximum absolute atomic E-state index is 15.1. The zero-order chi connectivity index (χ0) is 30.9. The minimum atomic E-state index is -3.53. The van der Waals surface area contributed by atoms with Crippen LogP contribution >= 0.6 is 0 Å². The van der Waals surface area contributed by atoms with Gasteiger partial charge in [-0.2, -0.15) is 0 Å². The highest BCUT2D eigenvalue weighted by Crippen LogP contribution is 2.37. The van der Waals surface area contributed by atoms with Gasteiger partial charge in [-0.25, -0.2) is 17.2 Å². The largest absolute Gasteiger partial charge is 0.330 e. The molecule has 11 heteroatoms. The third-order valence-corrected chi connectivity index (χ3v) is 8.64. The van der Waals surface area contributed by atoms with E-state index >= 15 is 4.39 Å². The van der Waals surface area contributed by atoms with Gasteiger partial charge < -0.3 is 10.2 Å². The van der Waals surface area contributed by atoms with E-state index in [0.29, 0.717) is 59.5 Å². The molecule has 3 heterocycles. The van der Waals surface area contributed by atoms with E-state index < -0.39 is 27.7 Å². The van der Waals surface area contributed by atoms with Gasteiger partial charge in [0.05, 0.1) is 29.4 Å². The summed E-state index contributed by atoms with van der Waals surface area (Å²) >= 11 is 0. The van der Waals surface area contributed by atoms with Gasteiger partial charge in [0.15, 0.2) is 0 Å². The monoisotopic (exact) mass is 608 g/mol. The Hall–Kier alpha value is -4.12. The number of aromatic nitrogens is 1. The van der Waals surface area contributed by atoms with E-state index in [9.17, 15) is 22.4 Å². The van der Waals surface area contributed by atoms with E-state index in [1.807, 2.05) is 13.0 Å². The van der Waals surface area contributed by atoms with E-state index in [-0.39, 0.29) is 36.3 Å². The Morgan fingerprint density at radius 2 is 1.88 bits per heavy atom. The molecule has 2 aliphatic heterocycles. The van der Waals surface area contributed by atoms with Gasteiger partial charge in [-0.1, -0.05) is 32.4 Å². The van der Waals surface area contributed by atoms with E-state index in [2.05, 4.69) is 15.0 Å². The van der Waals surface area contributed by atoms with Crippen LogP contribution in [0.1, 0.15) is 62.4 Å². The summed E-state index contributed by atoms with van der Waals surface area (Å²) in [6, 6.07) is 10.8. The van der Waals surface area contributed by atoms with Crippen molar-refractivity contribution < 1.29 is 26.8 Å². The normalized spacial score (nSPS) is 19.5. The SMILES string of the molecule is CCc1ccc(F)c(C2=CC(=O)N([C@H]3CCC[C@@H](C)C(=O)Nc4cc(NS(C)(=O)=O)ccc4-c4ccnc3c4)CC2)c1F. The number of fused-ring (bicyclic) bond motifs is 4. The topological polar surface area (TPSA) is 108 Å². The summed E-state index contributed by atoms with van der Waals surface area (Å²) in [6.07, 6.45) is 6.41. The number of aryl methyl sites for hydroxylation is 1. The van der Waals surface area contributed by atoms with E-state index in [1.54, 1.807) is 42.3 Å². The van der Waals surface area contributed by atoms with Crippen LogP contribution in [0.5, 0.6) is 0 Å². The molecule has 0 saturated carbocycles. The molecular weight excluding hydrogens is 574 g/mol. The zero-order valence-corrected chi connectivity index (χ0v) is 25.1. The van der Waals surface area contributed by atoms with Crippen LogP contribution in [0, 0.1) is 17.6 Å². The summed E-state index contributed by atoms with van der Waals surface area (Å²) in [5, 5.41) is 2.95. The lowest BCUT2D eigenvalue weighted by atomic mass is 9.92. The highest BCUT2D eigenvalue weighted by atomic mass is 32.2. The lowest BCUT2D eigenvalue weighted by Gasteiger charge is -2.34. The second kappa shape index (κ2) is 12.2. The summed E-state index contributed by atoms with van der Waals surface area (Å²) in [6.45, 7) is 3.87. The molecule has 0 radical (unpaired) electrons. The maximum atomic E-state index is 15.1. The lowest BCUT2D eigenvalue weighted by Crippen LogP contribution is -2.38. The molecule has 0 saturated heterocycles. The molecule has 8 nitrogen and oxygen atoms in total. The first-order valence-corrected chi connectivity index (χ1v) is 16.2. The lowest BCUT2D eigenvalue weighted by molar-refractivity contribution is -0.129. The number of sulfonamides is 1. The highest BCUT2D eigenvalue weighted by Gasteiger charge is 2.31. The number of halogens is 2. The van der Waals surface area contributed by atoms with Crippen molar-refractivity contribution in [2.24, 2.45) is 5.92 Å². The predicted molar refractivity (Wildman–Crippen MR) is 163 cm³/mol. The third-order valence-electron chi connectivity index (χ3n) is 8.03. The number of amides is 2. The van der Waals surface area contributed by atoms with Crippen LogP contribution in [-0.4, -0.2) is 42.9 Å². The summed E-state index contributed by atoms with van der Waals surface area (Å²) in [5.74, 6) is -2.23. The van der Waals surface area contributed by atoms with Gasteiger partial charge in [-0.15, -0.1) is 0 Å². The second-order valence-electron chi connectivity index (χ2n) is 11.1. The molecular formula is C32H34F2N4O4S. The average Bonchev–Trinajstić information content (AvgIpc) is 2.95. The van der Waals surface area contributed by atoms with Gasteiger partial charge in [0.2, 0.25) is 21.8 Å². The number of nitrogens with one attached hydrogen (secondary N) is 2. The Kier molecular flexibility index (Phi) is 8.64. The first-order chi connectivity index (χ1) is 20.4. The molecule has 0 fully saturated rings. The molecule has 226 valence electrons. The molecule has 3 aromatic rings. The van der Waals surface area contributed by atoms with Crippen LogP contribution in [0.2, 0.25) is 0 Å². The fourth-order valence-electron chi connectivity index (χ4n) is 5.77. The number of benzene rings is 2. The molecule has 2 bridgehead atoms. The van der Waals surface area contributed by atoms with Crippen LogP contribution in [0.4, 0.5) is 20.2 Å². The molecule has 43 heavy (non-hydrogen) atoms. The molecule has 5 rings (SSSR count). The van der Waals surface area contributed by atoms with Crippen molar-refractivity contribution in [3.8, 4) is 11.1 Å². The van der Waals surface area contributed by atoms with Crippen molar-refractivity contribution in [1.82, 2.24) is 9.88 Å². The smallest absolute Gasteiger partial charge is 0.247 e. The number of hydrogen-bond acceptors (Lipinski definition) is 5. The molecule has 2 N–H and O–H groups in total. The van der Waals surface area contributed by atoms with Crippen molar-refractivity contribution in [3.05, 3.63) is 83.2 Å². The Labute approximate surface area is 250 Å². The summed E-state index contributed by atoms with van der Waals surface area (Å²) in [4.78, 5) is 33.0. The van der Waals surface area contributed by atoms with E-state index in [1.165, 1.54) is 18.2 Å². The summed E-state index contributed by atoms with van der Waals surface area (Å²) in [5.41, 5.74) is 3.38. The quantitative estimate of drug-likeness (QED) is 0.365. The Morgan fingerprint density at radius 3 is 2.60 bits per heavy atom. The highest BCUT2D eigenvalue weighted by molar-refractivity contribution is 7.92. The van der Waals surface area contributed by atoms with Gasteiger partial charge in [-0.3, -0.25) is 19.3 Å². The average molecular weight is 609 g/mol. The first-order valence-electron chi connectivity index (χ1n) is 14.3. The van der Waals surface area contributed by atoms with Crippen molar-refractivity contribution in [3.63, 3.8) is 0 Å². The molecule has 1 aromatic heterocycles. The molecule has 0 spiro atoms.